The van der Waals surface area contributed by atoms with E-state index in [0.717, 1.165) is 29.1 Å². The first-order valence-corrected chi connectivity index (χ1v) is 9.96. The first-order valence-electron chi connectivity index (χ1n) is 9.96. The molecule has 0 amide bonds. The summed E-state index contributed by atoms with van der Waals surface area (Å²) in [4.78, 5) is 4.43. The summed E-state index contributed by atoms with van der Waals surface area (Å²) in [5.41, 5.74) is 5.65. The molecule has 3 aromatic carbocycles. The number of hydrogen-bond acceptors (Lipinski definition) is 3. The lowest BCUT2D eigenvalue weighted by atomic mass is 10.0. The summed E-state index contributed by atoms with van der Waals surface area (Å²) in [6, 6.07) is 25.9. The summed E-state index contributed by atoms with van der Waals surface area (Å²) in [5, 5.41) is 6.20. The maximum atomic E-state index is 5.57. The van der Waals surface area contributed by atoms with Crippen LogP contribution in [0.15, 0.2) is 79.0 Å². The molecule has 0 saturated carbocycles. The van der Waals surface area contributed by atoms with Gasteiger partial charge >= 0.3 is 0 Å². The van der Waals surface area contributed by atoms with E-state index in [2.05, 4.69) is 77.9 Å². The molecule has 0 bridgehead atoms. The Kier molecular flexibility index (Phi) is 5.59. The standard InChI is InChI=1S/C26H26N2O/c1-18-8-10-24(17-27-18)25-14-20(9-13-26(25)29-3)16-28-19(2)22-12-11-21-6-4-5-7-23(21)15-22/h4-15,17,19,28H,16H2,1-3H3/t19-/m1/s1. The van der Waals surface area contributed by atoms with Gasteiger partial charge in [0, 0.05) is 35.6 Å². The van der Waals surface area contributed by atoms with E-state index in [-0.39, 0.29) is 6.04 Å². The molecule has 146 valence electrons. The van der Waals surface area contributed by atoms with Gasteiger partial charge in [-0.1, -0.05) is 48.5 Å². The molecule has 0 unspecified atom stereocenters. The maximum absolute atomic E-state index is 5.57. The van der Waals surface area contributed by atoms with Gasteiger partial charge < -0.3 is 10.1 Å². The fourth-order valence-corrected chi connectivity index (χ4v) is 3.58. The van der Waals surface area contributed by atoms with Crippen molar-refractivity contribution in [1.82, 2.24) is 10.3 Å². The molecule has 0 aliphatic carbocycles. The van der Waals surface area contributed by atoms with Gasteiger partial charge in [0.1, 0.15) is 5.75 Å². The smallest absolute Gasteiger partial charge is 0.126 e. The highest BCUT2D eigenvalue weighted by Crippen LogP contribution is 2.31. The van der Waals surface area contributed by atoms with Crippen LogP contribution in [0, 0.1) is 6.92 Å². The highest BCUT2D eigenvalue weighted by atomic mass is 16.5. The molecule has 4 aromatic rings. The summed E-state index contributed by atoms with van der Waals surface area (Å²) in [5.74, 6) is 0.863. The summed E-state index contributed by atoms with van der Waals surface area (Å²) < 4.78 is 5.57. The second-order valence-corrected chi connectivity index (χ2v) is 7.43. The molecular formula is C26H26N2O. The molecule has 1 aromatic heterocycles. The van der Waals surface area contributed by atoms with Crippen LogP contribution in [0.3, 0.4) is 0 Å². The lowest BCUT2D eigenvalue weighted by Crippen LogP contribution is -2.18. The summed E-state index contributed by atoms with van der Waals surface area (Å²) in [6.07, 6.45) is 1.90. The molecule has 0 radical (unpaired) electrons. The molecule has 29 heavy (non-hydrogen) atoms. The number of aromatic nitrogens is 1. The van der Waals surface area contributed by atoms with Gasteiger partial charge in [-0.15, -0.1) is 0 Å². The van der Waals surface area contributed by atoms with E-state index in [4.69, 9.17) is 4.74 Å². The number of benzene rings is 3. The number of nitrogens with one attached hydrogen (secondary N) is 1. The number of aryl methyl sites for hydroxylation is 1. The summed E-state index contributed by atoms with van der Waals surface area (Å²) in [7, 11) is 1.71. The normalized spacial score (nSPS) is 12.1. The molecule has 4 rings (SSSR count). The molecule has 1 N–H and O–H groups in total. The lowest BCUT2D eigenvalue weighted by molar-refractivity contribution is 0.416. The van der Waals surface area contributed by atoms with E-state index in [1.807, 2.05) is 25.3 Å². The minimum atomic E-state index is 0.256. The van der Waals surface area contributed by atoms with Crippen LogP contribution in [0.5, 0.6) is 5.75 Å². The zero-order valence-electron chi connectivity index (χ0n) is 17.1. The van der Waals surface area contributed by atoms with Crippen LogP contribution in [0.2, 0.25) is 0 Å². The van der Waals surface area contributed by atoms with Crippen molar-refractivity contribution in [2.45, 2.75) is 26.4 Å². The molecule has 0 aliphatic heterocycles. The van der Waals surface area contributed by atoms with Crippen LogP contribution >= 0.6 is 0 Å². The molecule has 0 fully saturated rings. The van der Waals surface area contributed by atoms with E-state index in [1.165, 1.54) is 21.9 Å². The van der Waals surface area contributed by atoms with Crippen molar-refractivity contribution in [3.8, 4) is 16.9 Å². The van der Waals surface area contributed by atoms with Crippen LogP contribution in [-0.4, -0.2) is 12.1 Å². The zero-order chi connectivity index (χ0) is 20.2. The predicted molar refractivity (Wildman–Crippen MR) is 120 cm³/mol. The van der Waals surface area contributed by atoms with Gasteiger partial charge in [-0.05, 0) is 60.0 Å². The van der Waals surface area contributed by atoms with Gasteiger partial charge in [0.05, 0.1) is 7.11 Å². The number of methoxy groups -OCH3 is 1. The minimum absolute atomic E-state index is 0.256. The quantitative estimate of drug-likeness (QED) is 0.439. The summed E-state index contributed by atoms with van der Waals surface area (Å²) >= 11 is 0. The van der Waals surface area contributed by atoms with Crippen LogP contribution in [0.1, 0.15) is 29.8 Å². The van der Waals surface area contributed by atoms with Crippen LogP contribution in [-0.2, 0) is 6.54 Å². The van der Waals surface area contributed by atoms with E-state index >= 15 is 0 Å². The van der Waals surface area contributed by atoms with Crippen molar-refractivity contribution < 1.29 is 4.74 Å². The van der Waals surface area contributed by atoms with Crippen molar-refractivity contribution in [2.24, 2.45) is 0 Å². The maximum Gasteiger partial charge on any atom is 0.126 e. The van der Waals surface area contributed by atoms with Crippen molar-refractivity contribution in [3.63, 3.8) is 0 Å². The SMILES string of the molecule is COc1ccc(CN[C@H](C)c2ccc3ccccc3c2)cc1-c1ccc(C)nc1. The van der Waals surface area contributed by atoms with E-state index in [1.54, 1.807) is 7.11 Å². The number of rotatable bonds is 6. The highest BCUT2D eigenvalue weighted by Gasteiger charge is 2.10. The van der Waals surface area contributed by atoms with Crippen molar-refractivity contribution in [1.29, 1.82) is 0 Å². The van der Waals surface area contributed by atoms with Gasteiger partial charge in [-0.3, -0.25) is 4.98 Å². The Morgan fingerprint density at radius 2 is 1.76 bits per heavy atom. The van der Waals surface area contributed by atoms with Gasteiger partial charge in [0.15, 0.2) is 0 Å². The average Bonchev–Trinajstić information content (AvgIpc) is 2.77. The first-order chi connectivity index (χ1) is 14.1. The molecular weight excluding hydrogens is 356 g/mol. The second kappa shape index (κ2) is 8.46. The summed E-state index contributed by atoms with van der Waals surface area (Å²) in [6.45, 7) is 4.98. The average molecular weight is 383 g/mol. The largest absolute Gasteiger partial charge is 0.496 e. The Labute approximate surface area is 172 Å². The topological polar surface area (TPSA) is 34.1 Å². The first kappa shape index (κ1) is 19.2. The van der Waals surface area contributed by atoms with Gasteiger partial charge in [-0.25, -0.2) is 0 Å². The monoisotopic (exact) mass is 382 g/mol. The highest BCUT2D eigenvalue weighted by molar-refractivity contribution is 5.83. The molecule has 3 heteroatoms. The number of fused-ring (bicyclic) bond motifs is 1. The van der Waals surface area contributed by atoms with Gasteiger partial charge in [-0.2, -0.15) is 0 Å². The minimum Gasteiger partial charge on any atom is -0.496 e. The zero-order valence-corrected chi connectivity index (χ0v) is 17.1. The Bertz CT molecular complexity index is 1120. The molecule has 0 spiro atoms. The molecule has 0 saturated heterocycles. The number of pyridine rings is 1. The molecule has 1 heterocycles. The number of ether oxygens (including phenoxy) is 1. The van der Waals surface area contributed by atoms with Crippen LogP contribution in [0.25, 0.3) is 21.9 Å². The van der Waals surface area contributed by atoms with Crippen molar-refractivity contribution in [2.75, 3.05) is 7.11 Å². The third-order valence-corrected chi connectivity index (χ3v) is 5.37. The molecule has 1 atom stereocenters. The molecule has 3 nitrogen and oxygen atoms in total. The third kappa shape index (κ3) is 4.30. The fraction of sp³-hybridized carbons (Fsp3) is 0.192. The second-order valence-electron chi connectivity index (χ2n) is 7.43. The Morgan fingerprint density at radius 3 is 2.52 bits per heavy atom. The Hall–Kier alpha value is -3.17. The van der Waals surface area contributed by atoms with Crippen molar-refractivity contribution >= 4 is 10.8 Å². The fourth-order valence-electron chi connectivity index (χ4n) is 3.58. The van der Waals surface area contributed by atoms with Gasteiger partial charge in [0.2, 0.25) is 0 Å². The Balaban J connectivity index is 1.52. The van der Waals surface area contributed by atoms with E-state index in [0.29, 0.717) is 0 Å². The number of nitrogens with zero attached hydrogens (tertiary/aromatic N) is 1. The van der Waals surface area contributed by atoms with Crippen LogP contribution < -0.4 is 10.1 Å². The van der Waals surface area contributed by atoms with Crippen molar-refractivity contribution in [3.05, 3.63) is 95.8 Å². The third-order valence-electron chi connectivity index (χ3n) is 5.37. The van der Waals surface area contributed by atoms with Gasteiger partial charge in [0.25, 0.3) is 0 Å². The van der Waals surface area contributed by atoms with E-state index < -0.39 is 0 Å². The molecule has 0 aliphatic rings. The number of hydrogen-bond donors (Lipinski definition) is 1. The Morgan fingerprint density at radius 1 is 0.931 bits per heavy atom. The van der Waals surface area contributed by atoms with Crippen LogP contribution in [0.4, 0.5) is 0 Å². The van der Waals surface area contributed by atoms with E-state index in [9.17, 15) is 0 Å². The lowest BCUT2D eigenvalue weighted by Gasteiger charge is -2.16. The predicted octanol–water partition coefficient (Wildman–Crippen LogP) is 6.07.